The van der Waals surface area contributed by atoms with Crippen LogP contribution in [0.2, 0.25) is 0 Å². The summed E-state index contributed by atoms with van der Waals surface area (Å²) in [5.41, 5.74) is 1.40. The van der Waals surface area contributed by atoms with Crippen LogP contribution in [-0.4, -0.2) is 62.0 Å². The van der Waals surface area contributed by atoms with Gasteiger partial charge in [-0.25, -0.2) is 9.37 Å². The Morgan fingerprint density at radius 2 is 1.97 bits per heavy atom. The van der Waals surface area contributed by atoms with Gasteiger partial charge in [0.2, 0.25) is 11.8 Å². The zero-order valence-electron chi connectivity index (χ0n) is 19.0. The monoisotopic (exact) mass is 470 g/mol. The highest BCUT2D eigenvalue weighted by molar-refractivity contribution is 7.22. The van der Waals surface area contributed by atoms with Crippen LogP contribution >= 0.6 is 11.3 Å². The van der Waals surface area contributed by atoms with Gasteiger partial charge in [0.15, 0.2) is 5.13 Å². The van der Waals surface area contributed by atoms with Crippen molar-refractivity contribution in [2.24, 2.45) is 5.92 Å². The van der Waals surface area contributed by atoms with Crippen LogP contribution in [0.1, 0.15) is 13.3 Å². The fourth-order valence-corrected chi connectivity index (χ4v) is 4.85. The number of carbonyl (C=O) groups excluding carboxylic acids is 2. The minimum atomic E-state index is -0.490. The number of aromatic nitrogens is 1. The topological polar surface area (TPSA) is 66.0 Å². The molecule has 1 aromatic heterocycles. The first-order valence-electron chi connectivity index (χ1n) is 10.9. The number of hydrogen-bond acceptors (Lipinski definition) is 6. The predicted molar refractivity (Wildman–Crippen MR) is 129 cm³/mol. The number of fused-ring (bicyclic) bond motifs is 1. The summed E-state index contributed by atoms with van der Waals surface area (Å²) in [6.07, 6.45) is 0.119. The van der Waals surface area contributed by atoms with Gasteiger partial charge in [0, 0.05) is 31.7 Å². The minimum absolute atomic E-state index is 0.119. The van der Waals surface area contributed by atoms with E-state index in [4.69, 9.17) is 9.72 Å². The Kier molecular flexibility index (Phi) is 6.90. The lowest BCUT2D eigenvalue weighted by atomic mass is 10.1. The van der Waals surface area contributed by atoms with Gasteiger partial charge in [0.05, 0.1) is 22.7 Å². The lowest BCUT2D eigenvalue weighted by molar-refractivity contribution is -0.124. The number of benzene rings is 2. The van der Waals surface area contributed by atoms with E-state index in [2.05, 4.69) is 0 Å². The molecular weight excluding hydrogens is 443 g/mol. The molecule has 3 aromatic rings. The second-order valence-electron chi connectivity index (χ2n) is 8.23. The van der Waals surface area contributed by atoms with E-state index >= 15 is 0 Å². The molecule has 7 nitrogen and oxygen atoms in total. The van der Waals surface area contributed by atoms with E-state index < -0.39 is 5.92 Å². The Hall–Kier alpha value is -3.04. The summed E-state index contributed by atoms with van der Waals surface area (Å²) in [7, 11) is 3.90. The number of rotatable bonds is 8. The summed E-state index contributed by atoms with van der Waals surface area (Å²) >= 11 is 1.44. The second-order valence-corrected chi connectivity index (χ2v) is 9.24. The van der Waals surface area contributed by atoms with Crippen molar-refractivity contribution in [3.05, 3.63) is 48.3 Å². The highest BCUT2D eigenvalue weighted by Gasteiger charge is 2.38. The Balaban J connectivity index is 1.59. The standard InChI is InChI=1S/C24H27FN4O3S/c1-4-32-19-9-10-20-21(14-19)33-24(26-20)28(12-11-27(2)3)23(31)16-13-22(30)29(15-16)18-7-5-17(25)6-8-18/h5-10,14,16H,4,11-13,15H2,1-3H3. The maximum atomic E-state index is 13.6. The van der Waals surface area contributed by atoms with Gasteiger partial charge in [-0.3, -0.25) is 14.5 Å². The molecule has 0 bridgehead atoms. The summed E-state index contributed by atoms with van der Waals surface area (Å²) in [5.74, 6) is -0.355. The summed E-state index contributed by atoms with van der Waals surface area (Å²) in [6, 6.07) is 11.5. The zero-order valence-corrected chi connectivity index (χ0v) is 19.8. The molecule has 1 atom stereocenters. The number of amides is 2. The van der Waals surface area contributed by atoms with Crippen LogP contribution in [0.15, 0.2) is 42.5 Å². The number of hydrogen-bond donors (Lipinski definition) is 0. The molecule has 0 N–H and O–H groups in total. The molecular formula is C24H27FN4O3S. The van der Waals surface area contributed by atoms with Crippen molar-refractivity contribution in [1.29, 1.82) is 0 Å². The Labute approximate surface area is 196 Å². The van der Waals surface area contributed by atoms with Crippen molar-refractivity contribution in [3.63, 3.8) is 0 Å². The Morgan fingerprint density at radius 1 is 1.21 bits per heavy atom. The first-order valence-corrected chi connectivity index (χ1v) is 11.7. The van der Waals surface area contributed by atoms with Crippen molar-refractivity contribution in [1.82, 2.24) is 9.88 Å². The Morgan fingerprint density at radius 3 is 2.67 bits per heavy atom. The molecule has 1 fully saturated rings. The third-order valence-corrected chi connectivity index (χ3v) is 6.58. The first kappa shape index (κ1) is 23.1. The average molecular weight is 471 g/mol. The molecule has 0 aliphatic carbocycles. The number of ether oxygens (including phenoxy) is 1. The quantitative estimate of drug-likeness (QED) is 0.501. The zero-order chi connectivity index (χ0) is 23.5. The molecule has 174 valence electrons. The molecule has 33 heavy (non-hydrogen) atoms. The van der Waals surface area contributed by atoms with Gasteiger partial charge in [-0.1, -0.05) is 11.3 Å². The largest absolute Gasteiger partial charge is 0.494 e. The van der Waals surface area contributed by atoms with E-state index in [0.717, 1.165) is 16.0 Å². The molecule has 1 saturated heterocycles. The van der Waals surface area contributed by atoms with Crippen molar-refractivity contribution in [2.75, 3.05) is 50.1 Å². The number of thiazole rings is 1. The average Bonchev–Trinajstić information content (AvgIpc) is 3.37. The highest BCUT2D eigenvalue weighted by atomic mass is 32.1. The third-order valence-electron chi connectivity index (χ3n) is 5.54. The van der Waals surface area contributed by atoms with Gasteiger partial charge in [-0.15, -0.1) is 0 Å². The van der Waals surface area contributed by atoms with E-state index in [9.17, 15) is 14.0 Å². The SMILES string of the molecule is CCOc1ccc2nc(N(CCN(C)C)C(=O)C3CC(=O)N(c4ccc(F)cc4)C3)sc2c1. The van der Waals surface area contributed by atoms with Crippen LogP contribution in [0, 0.1) is 11.7 Å². The van der Waals surface area contributed by atoms with Gasteiger partial charge in [0.1, 0.15) is 11.6 Å². The molecule has 1 aliphatic heterocycles. The third kappa shape index (κ3) is 5.15. The van der Waals surface area contributed by atoms with Crippen LogP contribution in [0.3, 0.4) is 0 Å². The highest BCUT2D eigenvalue weighted by Crippen LogP contribution is 2.34. The minimum Gasteiger partial charge on any atom is -0.494 e. The maximum Gasteiger partial charge on any atom is 0.234 e. The first-order chi connectivity index (χ1) is 15.9. The summed E-state index contributed by atoms with van der Waals surface area (Å²) in [4.78, 5) is 36.2. The molecule has 4 rings (SSSR count). The molecule has 1 unspecified atom stereocenters. The van der Waals surface area contributed by atoms with Crippen LogP contribution in [0.5, 0.6) is 5.75 Å². The van der Waals surface area contributed by atoms with Gasteiger partial charge >= 0.3 is 0 Å². The Bertz CT molecular complexity index is 1150. The van der Waals surface area contributed by atoms with Crippen molar-refractivity contribution < 1.29 is 18.7 Å². The van der Waals surface area contributed by atoms with E-state index in [-0.39, 0.29) is 30.6 Å². The molecule has 2 amide bonds. The maximum absolute atomic E-state index is 13.6. The lowest BCUT2D eigenvalue weighted by Gasteiger charge is -2.24. The number of carbonyl (C=O) groups is 2. The molecule has 2 heterocycles. The normalized spacial score (nSPS) is 16.1. The van der Waals surface area contributed by atoms with Gasteiger partial charge in [0.25, 0.3) is 0 Å². The second kappa shape index (κ2) is 9.84. The smallest absolute Gasteiger partial charge is 0.234 e. The van der Waals surface area contributed by atoms with E-state index in [1.807, 2.05) is 44.1 Å². The molecule has 0 spiro atoms. The number of nitrogens with zero attached hydrogens (tertiary/aromatic N) is 4. The van der Waals surface area contributed by atoms with Crippen LogP contribution < -0.4 is 14.5 Å². The van der Waals surface area contributed by atoms with Crippen LogP contribution in [0.4, 0.5) is 15.2 Å². The molecule has 0 saturated carbocycles. The summed E-state index contributed by atoms with van der Waals surface area (Å²) < 4.78 is 19.8. The van der Waals surface area contributed by atoms with Crippen LogP contribution in [-0.2, 0) is 9.59 Å². The lowest BCUT2D eigenvalue weighted by Crippen LogP contribution is -2.41. The van der Waals surface area contributed by atoms with E-state index in [0.29, 0.717) is 30.5 Å². The summed E-state index contributed by atoms with van der Waals surface area (Å²) in [6.45, 7) is 3.90. The molecule has 9 heteroatoms. The van der Waals surface area contributed by atoms with E-state index in [1.165, 1.54) is 23.5 Å². The fraction of sp³-hybridized carbons (Fsp3) is 0.375. The molecule has 2 aromatic carbocycles. The van der Waals surface area contributed by atoms with Gasteiger partial charge < -0.3 is 14.5 Å². The van der Waals surface area contributed by atoms with Crippen molar-refractivity contribution in [3.8, 4) is 5.75 Å². The van der Waals surface area contributed by atoms with Gasteiger partial charge in [-0.2, -0.15) is 0 Å². The number of halogens is 1. The number of anilines is 2. The fourth-order valence-electron chi connectivity index (χ4n) is 3.83. The van der Waals surface area contributed by atoms with Crippen molar-refractivity contribution in [2.45, 2.75) is 13.3 Å². The van der Waals surface area contributed by atoms with Gasteiger partial charge in [-0.05, 0) is 63.5 Å². The molecule has 0 radical (unpaired) electrons. The van der Waals surface area contributed by atoms with E-state index in [1.54, 1.807) is 21.9 Å². The van der Waals surface area contributed by atoms with Crippen LogP contribution in [0.25, 0.3) is 10.2 Å². The summed E-state index contributed by atoms with van der Waals surface area (Å²) in [5, 5.41) is 0.609. The predicted octanol–water partition coefficient (Wildman–Crippen LogP) is 3.78. The van der Waals surface area contributed by atoms with Crippen molar-refractivity contribution >= 4 is 44.2 Å². The molecule has 1 aliphatic rings. The number of likely N-dealkylation sites (N-methyl/N-ethyl adjacent to an activating group) is 1.